The van der Waals surface area contributed by atoms with Crippen LogP contribution in [0.4, 0.5) is 20.4 Å². The Balaban J connectivity index is 1.21. The molecule has 4 heterocycles. The smallest absolute Gasteiger partial charge is 0.410 e. The maximum Gasteiger partial charge on any atom is 0.410 e. The van der Waals surface area contributed by atoms with E-state index in [0.29, 0.717) is 30.9 Å². The van der Waals surface area contributed by atoms with Gasteiger partial charge in [0.25, 0.3) is 5.91 Å². The van der Waals surface area contributed by atoms with E-state index in [1.165, 1.54) is 16.2 Å². The van der Waals surface area contributed by atoms with Gasteiger partial charge in [0, 0.05) is 35.9 Å². The summed E-state index contributed by atoms with van der Waals surface area (Å²) in [7, 11) is -3.95. The second-order valence-electron chi connectivity index (χ2n) is 15.5. The van der Waals surface area contributed by atoms with Crippen molar-refractivity contribution in [2.75, 3.05) is 24.7 Å². The number of para-hydroxylation sites is 1. The van der Waals surface area contributed by atoms with Crippen molar-refractivity contribution in [1.82, 2.24) is 30.1 Å². The summed E-state index contributed by atoms with van der Waals surface area (Å²) in [5.41, 5.74) is -0.591. The van der Waals surface area contributed by atoms with Crippen LogP contribution in [0, 0.1) is 5.92 Å². The van der Waals surface area contributed by atoms with Gasteiger partial charge in [0.2, 0.25) is 21.8 Å². The SMILES string of the molecule is CC(C)(C)OC(=O)N[C@H]1CCCCC/C=C\[C@H]2C[C@@]2(C(=O)NS(C)(=O)=O)NC(=O)[C@@H]2C[C@@H](OC(=O)N3CCc4nc(Nc5ccccc5)sc4C3)CN2C1=O. The van der Waals surface area contributed by atoms with E-state index >= 15 is 0 Å². The Labute approximate surface area is 324 Å². The Morgan fingerprint density at radius 3 is 2.58 bits per heavy atom. The molecule has 18 heteroatoms. The van der Waals surface area contributed by atoms with Gasteiger partial charge in [-0.05, 0) is 58.6 Å². The van der Waals surface area contributed by atoms with Crippen molar-refractivity contribution in [2.24, 2.45) is 5.92 Å². The molecule has 5 atom stereocenters. The maximum absolute atomic E-state index is 14.4. The average Bonchev–Trinajstić information content (AvgIpc) is 3.40. The molecule has 2 aromatic rings. The molecular weight excluding hydrogens is 751 g/mol. The third kappa shape index (κ3) is 10.1. The highest BCUT2D eigenvalue weighted by Crippen LogP contribution is 2.45. The standard InChI is InChI=1S/C37H49N7O9S2/c1-36(2,3)53-34(48)40-27-16-12-7-5-6-9-13-23-20-37(23,32(47)42-55(4,50)51)41-30(45)28-19-25(21-44(28)31(27)46)52-35(49)43-18-17-26-29(22-43)54-33(39-26)38-24-14-10-8-11-15-24/h8-11,13-15,23,25,27-28H,5-7,12,16-22H2,1-4H3,(H,38,39)(H,40,48)(H,41,45)(H,42,47)/b13-9-/t23-,25+,27-,28-,37+/m0/s1. The first-order valence-electron chi connectivity index (χ1n) is 18.6. The van der Waals surface area contributed by atoms with Gasteiger partial charge >= 0.3 is 12.2 Å². The molecule has 1 saturated carbocycles. The number of aromatic nitrogens is 1. The second kappa shape index (κ2) is 16.2. The summed E-state index contributed by atoms with van der Waals surface area (Å²) >= 11 is 1.45. The third-order valence-electron chi connectivity index (χ3n) is 9.90. The first-order chi connectivity index (χ1) is 26.0. The molecule has 1 aliphatic carbocycles. The van der Waals surface area contributed by atoms with E-state index in [0.717, 1.165) is 35.4 Å². The zero-order valence-electron chi connectivity index (χ0n) is 31.5. The Kier molecular flexibility index (Phi) is 11.8. The molecule has 0 bridgehead atoms. The normalized spacial score (nSPS) is 26.5. The summed E-state index contributed by atoms with van der Waals surface area (Å²) < 4.78 is 37.6. The largest absolute Gasteiger partial charge is 0.444 e. The first kappa shape index (κ1) is 40.0. The molecule has 4 N–H and O–H groups in total. The van der Waals surface area contributed by atoms with Crippen LogP contribution < -0.4 is 20.7 Å². The molecular formula is C37H49N7O9S2. The van der Waals surface area contributed by atoms with Crippen molar-refractivity contribution >= 4 is 62.1 Å². The Morgan fingerprint density at radius 2 is 1.85 bits per heavy atom. The van der Waals surface area contributed by atoms with Gasteiger partial charge < -0.3 is 35.2 Å². The molecule has 3 aliphatic heterocycles. The number of ether oxygens (including phenoxy) is 2. The van der Waals surface area contributed by atoms with Crippen molar-refractivity contribution in [2.45, 2.75) is 108 Å². The fourth-order valence-corrected chi connectivity index (χ4v) is 8.70. The molecule has 4 aliphatic rings. The van der Waals surface area contributed by atoms with E-state index in [4.69, 9.17) is 14.5 Å². The molecule has 0 spiro atoms. The number of carbonyl (C=O) groups excluding carboxylic acids is 5. The number of carbonyl (C=O) groups is 5. The molecule has 6 rings (SSSR count). The quantitative estimate of drug-likeness (QED) is 0.310. The second-order valence-corrected chi connectivity index (χ2v) is 18.4. The first-order valence-corrected chi connectivity index (χ1v) is 21.3. The summed E-state index contributed by atoms with van der Waals surface area (Å²) in [5.74, 6) is -2.61. The summed E-state index contributed by atoms with van der Waals surface area (Å²) in [6, 6.07) is 7.38. The van der Waals surface area contributed by atoms with Gasteiger partial charge in [-0.25, -0.2) is 23.0 Å². The number of amides is 5. The fraction of sp³-hybridized carbons (Fsp3) is 0.568. The minimum Gasteiger partial charge on any atom is -0.444 e. The van der Waals surface area contributed by atoms with E-state index in [2.05, 4.69) is 16.0 Å². The molecule has 1 aromatic carbocycles. The highest BCUT2D eigenvalue weighted by molar-refractivity contribution is 7.89. The Hall–Kier alpha value is -4.71. The van der Waals surface area contributed by atoms with Gasteiger partial charge in [-0.1, -0.05) is 54.5 Å². The number of hydrogen-bond acceptors (Lipinski definition) is 12. The molecule has 298 valence electrons. The van der Waals surface area contributed by atoms with Gasteiger partial charge in [-0.2, -0.15) is 0 Å². The fourth-order valence-electron chi connectivity index (χ4n) is 7.14. The number of thiazole rings is 1. The number of rotatable bonds is 6. The summed E-state index contributed by atoms with van der Waals surface area (Å²) in [6.07, 6.45) is 5.88. The van der Waals surface area contributed by atoms with Crippen LogP contribution >= 0.6 is 11.3 Å². The highest BCUT2D eigenvalue weighted by Gasteiger charge is 2.61. The van der Waals surface area contributed by atoms with Crippen LogP contribution in [-0.4, -0.2) is 102 Å². The van der Waals surface area contributed by atoms with E-state index in [1.54, 1.807) is 25.7 Å². The molecule has 5 amide bonds. The van der Waals surface area contributed by atoms with Gasteiger partial charge in [0.1, 0.15) is 29.3 Å². The van der Waals surface area contributed by atoms with Crippen molar-refractivity contribution in [3.63, 3.8) is 0 Å². The topological polar surface area (TPSA) is 205 Å². The van der Waals surface area contributed by atoms with Crippen molar-refractivity contribution < 1.29 is 41.9 Å². The minimum absolute atomic E-state index is 0.0858. The molecule has 16 nitrogen and oxygen atoms in total. The van der Waals surface area contributed by atoms with Crippen LogP contribution in [0.15, 0.2) is 42.5 Å². The molecule has 2 fully saturated rings. The maximum atomic E-state index is 14.4. The number of anilines is 2. The summed E-state index contributed by atoms with van der Waals surface area (Å²) in [5, 5.41) is 9.47. The predicted octanol–water partition coefficient (Wildman–Crippen LogP) is 3.72. The monoisotopic (exact) mass is 799 g/mol. The van der Waals surface area contributed by atoms with E-state index in [1.807, 2.05) is 47.2 Å². The van der Waals surface area contributed by atoms with E-state index in [9.17, 15) is 32.4 Å². The van der Waals surface area contributed by atoms with Gasteiger partial charge in [-0.3, -0.25) is 19.1 Å². The van der Waals surface area contributed by atoms with Crippen LogP contribution in [0.5, 0.6) is 0 Å². The van der Waals surface area contributed by atoms with Gasteiger partial charge in [0.15, 0.2) is 5.13 Å². The predicted molar refractivity (Wildman–Crippen MR) is 204 cm³/mol. The number of allylic oxidation sites excluding steroid dienone is 1. The summed E-state index contributed by atoms with van der Waals surface area (Å²) in [4.78, 5) is 76.9. The minimum atomic E-state index is -3.95. The number of nitrogens with zero attached hydrogens (tertiary/aromatic N) is 3. The summed E-state index contributed by atoms with van der Waals surface area (Å²) in [6.45, 7) is 5.60. The highest BCUT2D eigenvalue weighted by atomic mass is 32.2. The number of benzene rings is 1. The third-order valence-corrected chi connectivity index (χ3v) is 11.4. The zero-order chi connectivity index (χ0) is 39.5. The van der Waals surface area contributed by atoms with Crippen LogP contribution in [0.1, 0.15) is 76.3 Å². The van der Waals surface area contributed by atoms with Crippen LogP contribution in [0.2, 0.25) is 0 Å². The number of fused-ring (bicyclic) bond motifs is 3. The van der Waals surface area contributed by atoms with Crippen molar-refractivity contribution in [1.29, 1.82) is 0 Å². The molecule has 0 unspecified atom stereocenters. The van der Waals surface area contributed by atoms with E-state index < -0.39 is 75.2 Å². The molecule has 55 heavy (non-hydrogen) atoms. The number of nitrogens with one attached hydrogen (secondary N) is 4. The Bertz CT molecular complexity index is 1930. The van der Waals surface area contributed by atoms with Crippen molar-refractivity contribution in [3.05, 3.63) is 53.1 Å². The number of alkyl carbamates (subject to hydrolysis) is 1. The molecule has 1 saturated heterocycles. The van der Waals surface area contributed by atoms with Crippen LogP contribution in [0.3, 0.4) is 0 Å². The van der Waals surface area contributed by atoms with Crippen molar-refractivity contribution in [3.8, 4) is 0 Å². The molecule has 0 radical (unpaired) electrons. The number of hydrogen-bond donors (Lipinski definition) is 4. The van der Waals surface area contributed by atoms with Gasteiger partial charge in [-0.15, -0.1) is 0 Å². The van der Waals surface area contributed by atoms with Crippen LogP contribution in [-0.2, 0) is 46.8 Å². The lowest BCUT2D eigenvalue weighted by molar-refractivity contribution is -0.141. The number of sulfonamides is 1. The van der Waals surface area contributed by atoms with E-state index in [-0.39, 0.29) is 32.4 Å². The average molecular weight is 800 g/mol. The molecule has 1 aromatic heterocycles. The van der Waals surface area contributed by atoms with Crippen LogP contribution in [0.25, 0.3) is 0 Å². The lowest BCUT2D eigenvalue weighted by atomic mass is 10.0. The zero-order valence-corrected chi connectivity index (χ0v) is 33.1. The lowest BCUT2D eigenvalue weighted by Crippen LogP contribution is -2.58. The lowest BCUT2D eigenvalue weighted by Gasteiger charge is -2.30. The Morgan fingerprint density at radius 1 is 1.09 bits per heavy atom. The van der Waals surface area contributed by atoms with Gasteiger partial charge in [0.05, 0.1) is 25.0 Å².